The second-order valence-corrected chi connectivity index (χ2v) is 6.00. The van der Waals surface area contributed by atoms with E-state index in [1.807, 2.05) is 4.90 Å². The number of hydrogen-bond acceptors (Lipinski definition) is 2. The Hall–Kier alpha value is -2.63. The molecule has 1 aliphatic rings. The highest BCUT2D eigenvalue weighted by molar-refractivity contribution is 5.74. The topological polar surface area (TPSA) is 35.6 Å². The first-order valence-corrected chi connectivity index (χ1v) is 8.41. The summed E-state index contributed by atoms with van der Waals surface area (Å²) in [6, 6.07) is 13.1. The Morgan fingerprint density at radius 2 is 1.56 bits per heavy atom. The van der Waals surface area contributed by atoms with Crippen molar-refractivity contribution in [2.24, 2.45) is 0 Å². The maximum atomic E-state index is 13.8. The van der Waals surface area contributed by atoms with Crippen molar-refractivity contribution in [3.63, 3.8) is 0 Å². The number of nitrogens with one attached hydrogen (secondary N) is 1. The fourth-order valence-corrected chi connectivity index (χ4v) is 2.98. The number of halogens is 2. The zero-order valence-electron chi connectivity index (χ0n) is 13.9. The van der Waals surface area contributed by atoms with E-state index in [4.69, 9.17) is 0 Å². The number of benzene rings is 2. The quantitative estimate of drug-likeness (QED) is 0.925. The predicted molar refractivity (Wildman–Crippen MR) is 93.7 cm³/mol. The van der Waals surface area contributed by atoms with E-state index in [9.17, 15) is 13.6 Å². The van der Waals surface area contributed by atoms with E-state index in [-0.39, 0.29) is 17.7 Å². The van der Waals surface area contributed by atoms with Crippen LogP contribution in [0.3, 0.4) is 0 Å². The van der Waals surface area contributed by atoms with E-state index in [2.05, 4.69) is 5.32 Å². The van der Waals surface area contributed by atoms with Gasteiger partial charge in [-0.15, -0.1) is 0 Å². The lowest BCUT2D eigenvalue weighted by Crippen LogP contribution is -2.52. The molecule has 4 nitrogen and oxygen atoms in total. The zero-order valence-corrected chi connectivity index (χ0v) is 13.9. The second-order valence-electron chi connectivity index (χ2n) is 6.00. The minimum Gasteiger partial charge on any atom is -0.366 e. The van der Waals surface area contributed by atoms with Crippen molar-refractivity contribution < 1.29 is 13.6 Å². The fourth-order valence-electron chi connectivity index (χ4n) is 2.98. The summed E-state index contributed by atoms with van der Waals surface area (Å²) in [6.07, 6.45) is 0.452. The third-order valence-corrected chi connectivity index (χ3v) is 4.39. The largest absolute Gasteiger partial charge is 0.366 e. The Balaban J connectivity index is 1.46. The molecule has 0 bridgehead atoms. The number of carbonyl (C=O) groups is 1. The highest BCUT2D eigenvalue weighted by Gasteiger charge is 2.22. The van der Waals surface area contributed by atoms with Gasteiger partial charge >= 0.3 is 6.03 Å². The zero-order chi connectivity index (χ0) is 17.6. The molecule has 132 valence electrons. The summed E-state index contributed by atoms with van der Waals surface area (Å²) in [5.74, 6) is -0.499. The van der Waals surface area contributed by atoms with Crippen LogP contribution in [0.1, 0.15) is 5.56 Å². The molecule has 2 amide bonds. The first kappa shape index (κ1) is 17.2. The van der Waals surface area contributed by atoms with E-state index in [0.29, 0.717) is 50.4 Å². The SMILES string of the molecule is O=C(NCCc1ccccc1F)N1CCN(c2ccccc2F)CC1. The summed E-state index contributed by atoms with van der Waals surface area (Å²) in [5, 5.41) is 2.82. The number of piperazine rings is 1. The first-order chi connectivity index (χ1) is 12.1. The van der Waals surface area contributed by atoms with Crippen molar-refractivity contribution in [2.45, 2.75) is 6.42 Å². The lowest BCUT2D eigenvalue weighted by Gasteiger charge is -2.36. The molecule has 0 spiro atoms. The maximum absolute atomic E-state index is 13.8. The van der Waals surface area contributed by atoms with E-state index in [1.54, 1.807) is 41.3 Å². The van der Waals surface area contributed by atoms with Gasteiger partial charge in [-0.1, -0.05) is 30.3 Å². The maximum Gasteiger partial charge on any atom is 0.317 e. The fraction of sp³-hybridized carbons (Fsp3) is 0.316. The third kappa shape index (κ3) is 4.26. The number of hydrogen-bond donors (Lipinski definition) is 1. The average molecular weight is 345 g/mol. The number of para-hydroxylation sites is 1. The minimum atomic E-state index is -0.254. The van der Waals surface area contributed by atoms with E-state index in [1.165, 1.54) is 12.1 Å². The normalized spacial score (nSPS) is 14.5. The molecule has 1 aliphatic heterocycles. The lowest BCUT2D eigenvalue weighted by molar-refractivity contribution is 0.194. The van der Waals surface area contributed by atoms with Crippen molar-refractivity contribution in [3.8, 4) is 0 Å². The molecule has 1 heterocycles. The summed E-state index contributed by atoms with van der Waals surface area (Å²) in [7, 11) is 0. The van der Waals surface area contributed by atoms with Crippen molar-refractivity contribution in [1.82, 2.24) is 10.2 Å². The van der Waals surface area contributed by atoms with Crippen molar-refractivity contribution in [3.05, 3.63) is 65.7 Å². The standard InChI is InChI=1S/C19H21F2N3O/c20-16-6-2-1-5-15(16)9-10-22-19(25)24-13-11-23(12-14-24)18-8-4-3-7-17(18)21/h1-8H,9-14H2,(H,22,25). The Bertz CT molecular complexity index is 730. The number of amides is 2. The molecular weight excluding hydrogens is 324 g/mol. The number of urea groups is 1. The molecule has 1 saturated heterocycles. The minimum absolute atomic E-state index is 0.162. The molecule has 2 aromatic carbocycles. The van der Waals surface area contributed by atoms with Gasteiger partial charge in [-0.2, -0.15) is 0 Å². The van der Waals surface area contributed by atoms with Gasteiger partial charge in [0.2, 0.25) is 0 Å². The Kier molecular flexibility index (Phi) is 5.48. The predicted octanol–water partition coefficient (Wildman–Crippen LogP) is 3.04. The molecule has 0 saturated carbocycles. The van der Waals surface area contributed by atoms with Gasteiger partial charge in [0.25, 0.3) is 0 Å². The van der Waals surface area contributed by atoms with Gasteiger partial charge in [-0.25, -0.2) is 13.6 Å². The number of nitrogens with zero attached hydrogens (tertiary/aromatic N) is 2. The Morgan fingerprint density at radius 3 is 2.24 bits per heavy atom. The van der Waals surface area contributed by atoms with Crippen LogP contribution in [0.4, 0.5) is 19.3 Å². The van der Waals surface area contributed by atoms with Gasteiger partial charge in [-0.05, 0) is 30.2 Å². The summed E-state index contributed by atoms with van der Waals surface area (Å²) < 4.78 is 27.4. The van der Waals surface area contributed by atoms with Gasteiger partial charge in [0, 0.05) is 32.7 Å². The van der Waals surface area contributed by atoms with Crippen molar-refractivity contribution in [2.75, 3.05) is 37.6 Å². The molecule has 0 aromatic heterocycles. The van der Waals surface area contributed by atoms with Crippen LogP contribution < -0.4 is 10.2 Å². The monoisotopic (exact) mass is 345 g/mol. The Morgan fingerprint density at radius 1 is 0.920 bits per heavy atom. The summed E-state index contributed by atoms with van der Waals surface area (Å²) in [5.41, 5.74) is 1.16. The third-order valence-electron chi connectivity index (χ3n) is 4.39. The Labute approximate surface area is 146 Å². The van der Waals surface area contributed by atoms with Gasteiger partial charge in [-0.3, -0.25) is 0 Å². The molecule has 25 heavy (non-hydrogen) atoms. The molecule has 1 N–H and O–H groups in total. The van der Waals surface area contributed by atoms with Crippen LogP contribution >= 0.6 is 0 Å². The molecule has 1 fully saturated rings. The smallest absolute Gasteiger partial charge is 0.317 e. The molecule has 0 aliphatic carbocycles. The van der Waals surface area contributed by atoms with Gasteiger partial charge < -0.3 is 15.1 Å². The highest BCUT2D eigenvalue weighted by atomic mass is 19.1. The van der Waals surface area contributed by atoms with Gasteiger partial charge in [0.15, 0.2) is 0 Å². The first-order valence-electron chi connectivity index (χ1n) is 8.41. The summed E-state index contributed by atoms with van der Waals surface area (Å²) in [6.45, 7) is 2.61. The van der Waals surface area contributed by atoms with Gasteiger partial charge in [0.05, 0.1) is 5.69 Å². The van der Waals surface area contributed by atoms with Crippen LogP contribution in [0.2, 0.25) is 0 Å². The van der Waals surface area contributed by atoms with E-state index >= 15 is 0 Å². The van der Waals surface area contributed by atoms with Crippen molar-refractivity contribution >= 4 is 11.7 Å². The van der Waals surface area contributed by atoms with Crippen LogP contribution in [0, 0.1) is 11.6 Å². The van der Waals surface area contributed by atoms with E-state index in [0.717, 1.165) is 0 Å². The molecule has 0 radical (unpaired) electrons. The molecule has 6 heteroatoms. The number of rotatable bonds is 4. The van der Waals surface area contributed by atoms with E-state index < -0.39 is 0 Å². The van der Waals surface area contributed by atoms with Crippen LogP contribution in [-0.2, 0) is 6.42 Å². The second kappa shape index (κ2) is 7.96. The lowest BCUT2D eigenvalue weighted by atomic mass is 10.1. The molecule has 0 atom stereocenters. The molecule has 0 unspecified atom stereocenters. The van der Waals surface area contributed by atoms with Crippen LogP contribution in [0.15, 0.2) is 48.5 Å². The molecule has 2 aromatic rings. The van der Waals surface area contributed by atoms with Crippen LogP contribution in [0.5, 0.6) is 0 Å². The van der Waals surface area contributed by atoms with Crippen molar-refractivity contribution in [1.29, 1.82) is 0 Å². The molecular formula is C19H21F2N3O. The number of carbonyl (C=O) groups excluding carboxylic acids is 1. The average Bonchev–Trinajstić information content (AvgIpc) is 2.64. The van der Waals surface area contributed by atoms with Gasteiger partial charge in [0.1, 0.15) is 11.6 Å². The number of anilines is 1. The molecule has 3 rings (SSSR count). The van der Waals surface area contributed by atoms with Crippen LogP contribution in [0.25, 0.3) is 0 Å². The summed E-state index contributed by atoms with van der Waals surface area (Å²) in [4.78, 5) is 15.9. The summed E-state index contributed by atoms with van der Waals surface area (Å²) >= 11 is 0. The highest BCUT2D eigenvalue weighted by Crippen LogP contribution is 2.20. The van der Waals surface area contributed by atoms with Crippen LogP contribution in [-0.4, -0.2) is 43.7 Å².